The molecule has 2 aromatic rings. The largest absolute Gasteiger partial charge is 0.490 e. The van der Waals surface area contributed by atoms with Crippen molar-refractivity contribution in [3.05, 3.63) is 71.3 Å². The number of hydrogen-bond donors (Lipinski definition) is 0. The fourth-order valence-electron chi connectivity index (χ4n) is 5.42. The van der Waals surface area contributed by atoms with E-state index in [2.05, 4.69) is 43.0 Å². The summed E-state index contributed by atoms with van der Waals surface area (Å²) in [4.78, 5) is 22.1. The quantitative estimate of drug-likeness (QED) is 0.0851. The van der Waals surface area contributed by atoms with Crippen molar-refractivity contribution in [1.29, 1.82) is 0 Å². The Morgan fingerprint density at radius 3 is 1.19 bits per heavy atom. The molecule has 7 aliphatic rings. The normalized spacial score (nSPS) is 27.7. The predicted octanol–water partition coefficient (Wildman–Crippen LogP) is 2.74. The van der Waals surface area contributed by atoms with Crippen LogP contribution in [0.3, 0.4) is 0 Å². The lowest BCUT2D eigenvalue weighted by molar-refractivity contribution is -0.155. The number of carbonyl (C=O) groups is 2. The first-order valence-corrected chi connectivity index (χ1v) is 18.2. The van der Waals surface area contributed by atoms with Crippen LogP contribution in [0, 0.1) is 0 Å². The molecule has 0 radical (unpaired) electrons. The SMILES string of the molecule is C=CCOc1c(CC2CO2)cccc1CC1CO1.O=C(CC(=O)OCC1CO1)OCC1CO1.c1cc(CC2CO2)c(OCC2CO2)c(CC2CO2)c1. The molecular formula is C39H48O13. The smallest absolute Gasteiger partial charge is 0.317 e. The van der Waals surface area contributed by atoms with E-state index in [0.717, 1.165) is 70.2 Å². The predicted molar refractivity (Wildman–Crippen MR) is 184 cm³/mol. The molecule has 7 fully saturated rings. The fourth-order valence-corrected chi connectivity index (χ4v) is 5.42. The lowest BCUT2D eigenvalue weighted by Gasteiger charge is -2.14. The van der Waals surface area contributed by atoms with Gasteiger partial charge in [-0.15, -0.1) is 0 Å². The monoisotopic (exact) mass is 724 g/mol. The molecule has 0 bridgehead atoms. The zero-order valence-electron chi connectivity index (χ0n) is 29.4. The van der Waals surface area contributed by atoms with Crippen molar-refractivity contribution in [3.8, 4) is 11.5 Å². The highest BCUT2D eigenvalue weighted by Gasteiger charge is 2.31. The zero-order chi connectivity index (χ0) is 35.7. The van der Waals surface area contributed by atoms with E-state index < -0.39 is 11.9 Å². The van der Waals surface area contributed by atoms with E-state index in [9.17, 15) is 9.59 Å². The van der Waals surface area contributed by atoms with E-state index in [-0.39, 0.29) is 37.9 Å². The Morgan fingerprint density at radius 2 is 0.865 bits per heavy atom. The van der Waals surface area contributed by atoms with Crippen LogP contribution in [0.5, 0.6) is 11.5 Å². The molecule has 0 aromatic heterocycles. The van der Waals surface area contributed by atoms with Gasteiger partial charge >= 0.3 is 11.9 Å². The average Bonchev–Trinajstić information content (AvgIpc) is 3.92. The lowest BCUT2D eigenvalue weighted by Crippen LogP contribution is -2.17. The molecule has 7 saturated heterocycles. The summed E-state index contributed by atoms with van der Waals surface area (Å²) in [7, 11) is 0. The Kier molecular flexibility index (Phi) is 12.7. The summed E-state index contributed by atoms with van der Waals surface area (Å²) in [6.45, 7) is 10.9. The molecule has 7 heterocycles. The summed E-state index contributed by atoms with van der Waals surface area (Å²) in [5, 5.41) is 0. The maximum atomic E-state index is 11.0. The highest BCUT2D eigenvalue weighted by Crippen LogP contribution is 2.33. The number of benzene rings is 2. The Morgan fingerprint density at radius 1 is 0.538 bits per heavy atom. The standard InChI is InChI=1S/C15H18O4.C15H18O3.C9H12O6/c1-2-10(4-12-6-16-12)15(19-9-14-8-18-14)11(3-1)5-13-7-17-13;1-2-6-16-15-11(7-13-9-17-13)4-3-5-12(15)8-14-10-18-14;10-8(14-4-6-2-12-6)1-9(11)15-5-7-3-13-7/h1-3,12-14H,4-9H2;2-5,13-14H,1,6-10H2;6-7H,1-5H2. The summed E-state index contributed by atoms with van der Waals surface area (Å²) >= 11 is 0. The number of esters is 2. The third kappa shape index (κ3) is 13.4. The molecule has 0 saturated carbocycles. The molecular weight excluding hydrogens is 676 g/mol. The van der Waals surface area contributed by atoms with Crippen molar-refractivity contribution in [2.24, 2.45) is 0 Å². The van der Waals surface area contributed by atoms with Crippen LogP contribution in [0.4, 0.5) is 0 Å². The first-order chi connectivity index (χ1) is 25.5. The molecule has 0 amide bonds. The average molecular weight is 725 g/mol. The van der Waals surface area contributed by atoms with E-state index in [1.54, 1.807) is 6.08 Å². The topological polar surface area (TPSA) is 159 Å². The third-order valence-electron chi connectivity index (χ3n) is 8.87. The molecule has 0 spiro atoms. The minimum Gasteiger partial charge on any atom is -0.490 e. The minimum atomic E-state index is -0.577. The summed E-state index contributed by atoms with van der Waals surface area (Å²) in [5.41, 5.74) is 4.97. The van der Waals surface area contributed by atoms with Crippen molar-refractivity contribution >= 4 is 11.9 Å². The number of rotatable bonds is 20. The van der Waals surface area contributed by atoms with Gasteiger partial charge in [0.15, 0.2) is 0 Å². The van der Waals surface area contributed by atoms with Crippen molar-refractivity contribution in [2.45, 2.75) is 74.8 Å². The van der Waals surface area contributed by atoms with Gasteiger partial charge in [-0.05, 0) is 22.3 Å². The molecule has 0 aliphatic carbocycles. The van der Waals surface area contributed by atoms with Crippen LogP contribution in [-0.4, -0.2) is 127 Å². The molecule has 13 heteroatoms. The van der Waals surface area contributed by atoms with Crippen LogP contribution < -0.4 is 9.47 Å². The summed E-state index contributed by atoms with van der Waals surface area (Å²) in [6, 6.07) is 12.7. The van der Waals surface area contributed by atoms with Gasteiger partial charge in [0, 0.05) is 25.7 Å². The highest BCUT2D eigenvalue weighted by molar-refractivity contribution is 5.91. The molecule has 52 heavy (non-hydrogen) atoms. The number of para-hydroxylation sites is 2. The Labute approximate surface area is 303 Å². The summed E-state index contributed by atoms with van der Waals surface area (Å²) in [5.74, 6) is 0.881. The highest BCUT2D eigenvalue weighted by atomic mass is 16.6. The first kappa shape index (κ1) is 36.8. The molecule has 7 unspecified atom stereocenters. The van der Waals surface area contributed by atoms with Gasteiger partial charge < -0.3 is 52.1 Å². The van der Waals surface area contributed by atoms with Crippen LogP contribution in [0.1, 0.15) is 28.7 Å². The van der Waals surface area contributed by atoms with Gasteiger partial charge in [-0.25, -0.2) is 0 Å². The van der Waals surface area contributed by atoms with Crippen LogP contribution in [0.2, 0.25) is 0 Å². The van der Waals surface area contributed by atoms with Gasteiger partial charge in [-0.2, -0.15) is 0 Å². The minimum absolute atomic E-state index is 0.0184. The van der Waals surface area contributed by atoms with Crippen molar-refractivity contribution in [3.63, 3.8) is 0 Å². The van der Waals surface area contributed by atoms with Crippen LogP contribution in [0.15, 0.2) is 49.1 Å². The second-order valence-electron chi connectivity index (χ2n) is 13.8. The van der Waals surface area contributed by atoms with Gasteiger partial charge in [0.2, 0.25) is 0 Å². The van der Waals surface area contributed by atoms with Crippen molar-refractivity contribution < 1.29 is 61.7 Å². The number of hydrogen-bond acceptors (Lipinski definition) is 13. The zero-order valence-corrected chi connectivity index (χ0v) is 29.4. The summed E-state index contributed by atoms with van der Waals surface area (Å²) in [6.07, 6.45) is 7.04. The summed E-state index contributed by atoms with van der Waals surface area (Å²) < 4.78 is 57.6. The van der Waals surface area contributed by atoms with Gasteiger partial charge in [0.25, 0.3) is 0 Å². The van der Waals surface area contributed by atoms with E-state index in [1.165, 1.54) is 22.3 Å². The van der Waals surface area contributed by atoms with Crippen LogP contribution in [0.25, 0.3) is 0 Å². The second-order valence-corrected chi connectivity index (χ2v) is 13.8. The van der Waals surface area contributed by atoms with Crippen molar-refractivity contribution in [2.75, 3.05) is 72.7 Å². The van der Waals surface area contributed by atoms with Gasteiger partial charge in [-0.1, -0.05) is 49.1 Å². The number of ether oxygens (including phenoxy) is 11. The third-order valence-corrected chi connectivity index (χ3v) is 8.87. The van der Waals surface area contributed by atoms with Gasteiger partial charge in [0.1, 0.15) is 62.7 Å². The maximum Gasteiger partial charge on any atom is 0.317 e. The molecule has 9 rings (SSSR count). The fraction of sp³-hybridized carbons (Fsp3) is 0.590. The Bertz CT molecular complexity index is 1410. The molecule has 7 aliphatic heterocycles. The lowest BCUT2D eigenvalue weighted by atomic mass is 10.0. The number of epoxide rings is 7. The van der Waals surface area contributed by atoms with Crippen LogP contribution in [-0.2, 0) is 77.9 Å². The van der Waals surface area contributed by atoms with E-state index >= 15 is 0 Å². The van der Waals surface area contributed by atoms with Gasteiger partial charge in [0.05, 0.1) is 70.7 Å². The Hall–Kier alpha value is -3.56. The van der Waals surface area contributed by atoms with E-state index in [1.807, 2.05) is 0 Å². The van der Waals surface area contributed by atoms with Crippen LogP contribution >= 0.6 is 0 Å². The molecule has 0 N–H and O–H groups in total. The Balaban J connectivity index is 0.000000122. The van der Waals surface area contributed by atoms with Crippen molar-refractivity contribution in [1.82, 2.24) is 0 Å². The number of carbonyl (C=O) groups excluding carboxylic acids is 2. The van der Waals surface area contributed by atoms with E-state index in [4.69, 9.17) is 52.1 Å². The second kappa shape index (κ2) is 18.0. The maximum absolute atomic E-state index is 11.0. The van der Waals surface area contributed by atoms with E-state index in [0.29, 0.717) is 50.8 Å². The van der Waals surface area contributed by atoms with Gasteiger partial charge in [-0.3, -0.25) is 9.59 Å². The molecule has 282 valence electrons. The molecule has 7 atom stereocenters. The molecule has 13 nitrogen and oxygen atoms in total. The molecule has 2 aromatic carbocycles. The first-order valence-electron chi connectivity index (χ1n) is 18.2.